The molecule has 1 rings (SSSR count). The van der Waals surface area contributed by atoms with Crippen molar-refractivity contribution in [1.29, 1.82) is 0 Å². The van der Waals surface area contributed by atoms with Crippen LogP contribution in [0.3, 0.4) is 0 Å². The molecule has 1 aliphatic heterocycles. The zero-order valence-electron chi connectivity index (χ0n) is 9.51. The van der Waals surface area contributed by atoms with Crippen LogP contribution in [0.1, 0.15) is 47.0 Å². The van der Waals surface area contributed by atoms with Crippen LogP contribution in [0, 0.1) is 0 Å². The molecule has 2 N–H and O–H groups in total. The van der Waals surface area contributed by atoms with Gasteiger partial charge in [0.1, 0.15) is 0 Å². The van der Waals surface area contributed by atoms with Gasteiger partial charge < -0.3 is 5.73 Å². The molecule has 0 saturated carbocycles. The van der Waals surface area contributed by atoms with Crippen LogP contribution in [0.4, 0.5) is 0 Å². The van der Waals surface area contributed by atoms with Gasteiger partial charge in [0.05, 0.1) is 0 Å². The molecule has 1 saturated heterocycles. The molecule has 78 valence electrons. The van der Waals surface area contributed by atoms with E-state index in [0.29, 0.717) is 0 Å². The van der Waals surface area contributed by atoms with Crippen LogP contribution < -0.4 is 5.73 Å². The maximum Gasteiger partial charge on any atom is 0.0226 e. The van der Waals surface area contributed by atoms with Gasteiger partial charge in [-0.2, -0.15) is 0 Å². The predicted molar refractivity (Wildman–Crippen MR) is 57.7 cm³/mol. The van der Waals surface area contributed by atoms with Gasteiger partial charge in [-0.05, 0) is 40.0 Å². The molecule has 0 amide bonds. The Morgan fingerprint density at radius 3 is 2.46 bits per heavy atom. The SMILES string of the molecule is CCC1CCC(C)N1CC(C)(C)N. The van der Waals surface area contributed by atoms with Crippen LogP contribution in [0.15, 0.2) is 0 Å². The van der Waals surface area contributed by atoms with Crippen molar-refractivity contribution in [3.05, 3.63) is 0 Å². The molecule has 0 aromatic heterocycles. The lowest BCUT2D eigenvalue weighted by Crippen LogP contribution is -2.49. The molecule has 0 spiro atoms. The predicted octanol–water partition coefficient (Wildman–Crippen LogP) is 1.99. The first-order valence-electron chi connectivity index (χ1n) is 5.48. The Labute approximate surface area is 82.5 Å². The summed E-state index contributed by atoms with van der Waals surface area (Å²) in [5, 5.41) is 0. The van der Waals surface area contributed by atoms with Crippen molar-refractivity contribution in [2.45, 2.75) is 64.6 Å². The Morgan fingerprint density at radius 1 is 1.38 bits per heavy atom. The van der Waals surface area contributed by atoms with Gasteiger partial charge in [0, 0.05) is 24.2 Å². The summed E-state index contributed by atoms with van der Waals surface area (Å²) >= 11 is 0. The van der Waals surface area contributed by atoms with Crippen molar-refractivity contribution in [2.75, 3.05) is 6.54 Å². The third-order valence-electron chi connectivity index (χ3n) is 3.01. The lowest BCUT2D eigenvalue weighted by molar-refractivity contribution is 0.164. The van der Waals surface area contributed by atoms with Crippen LogP contribution in [0.5, 0.6) is 0 Å². The van der Waals surface area contributed by atoms with Crippen molar-refractivity contribution in [2.24, 2.45) is 5.73 Å². The minimum Gasteiger partial charge on any atom is -0.324 e. The smallest absolute Gasteiger partial charge is 0.0226 e. The largest absolute Gasteiger partial charge is 0.324 e. The second-order valence-electron chi connectivity index (χ2n) is 5.15. The molecule has 1 heterocycles. The molecule has 0 radical (unpaired) electrons. The van der Waals surface area contributed by atoms with Crippen molar-refractivity contribution >= 4 is 0 Å². The third kappa shape index (κ3) is 2.96. The normalized spacial score (nSPS) is 31.2. The maximum absolute atomic E-state index is 6.05. The first-order chi connectivity index (χ1) is 5.94. The average molecular weight is 184 g/mol. The summed E-state index contributed by atoms with van der Waals surface area (Å²) in [5.41, 5.74) is 6.00. The van der Waals surface area contributed by atoms with E-state index in [-0.39, 0.29) is 5.54 Å². The summed E-state index contributed by atoms with van der Waals surface area (Å²) < 4.78 is 0. The Morgan fingerprint density at radius 2 is 2.00 bits per heavy atom. The van der Waals surface area contributed by atoms with Gasteiger partial charge in [0.15, 0.2) is 0 Å². The molecule has 0 aromatic rings. The van der Waals surface area contributed by atoms with E-state index in [1.54, 1.807) is 0 Å². The molecule has 2 nitrogen and oxygen atoms in total. The first kappa shape index (κ1) is 11.0. The highest BCUT2D eigenvalue weighted by Gasteiger charge is 2.31. The summed E-state index contributed by atoms with van der Waals surface area (Å²) in [4.78, 5) is 2.58. The number of nitrogens with zero attached hydrogens (tertiary/aromatic N) is 1. The van der Waals surface area contributed by atoms with Gasteiger partial charge >= 0.3 is 0 Å². The van der Waals surface area contributed by atoms with Crippen LogP contribution in [-0.2, 0) is 0 Å². The molecule has 1 fully saturated rings. The van der Waals surface area contributed by atoms with Crippen LogP contribution in [0.2, 0.25) is 0 Å². The maximum atomic E-state index is 6.05. The highest BCUT2D eigenvalue weighted by Crippen LogP contribution is 2.26. The van der Waals surface area contributed by atoms with Crippen LogP contribution >= 0.6 is 0 Å². The highest BCUT2D eigenvalue weighted by molar-refractivity contribution is 4.89. The van der Waals surface area contributed by atoms with E-state index in [0.717, 1.165) is 18.6 Å². The van der Waals surface area contributed by atoms with E-state index in [2.05, 4.69) is 32.6 Å². The zero-order chi connectivity index (χ0) is 10.1. The molecule has 1 aliphatic rings. The summed E-state index contributed by atoms with van der Waals surface area (Å²) in [7, 11) is 0. The lowest BCUT2D eigenvalue weighted by Gasteiger charge is -2.33. The molecule has 0 aromatic carbocycles. The molecule has 0 bridgehead atoms. The standard InChI is InChI=1S/C11H24N2/c1-5-10-7-6-9(2)13(10)8-11(3,4)12/h9-10H,5-8,12H2,1-4H3. The Hall–Kier alpha value is -0.0800. The summed E-state index contributed by atoms with van der Waals surface area (Å²) in [6, 6.07) is 1.51. The molecular formula is C11H24N2. The van der Waals surface area contributed by atoms with E-state index < -0.39 is 0 Å². The molecule has 2 atom stereocenters. The molecule has 2 unspecified atom stereocenters. The average Bonchev–Trinajstić information content (AvgIpc) is 2.30. The fraction of sp³-hybridized carbons (Fsp3) is 1.00. The van der Waals surface area contributed by atoms with Gasteiger partial charge in [-0.3, -0.25) is 4.90 Å². The van der Waals surface area contributed by atoms with E-state index in [9.17, 15) is 0 Å². The highest BCUT2D eigenvalue weighted by atomic mass is 15.2. The van der Waals surface area contributed by atoms with Gasteiger partial charge in [0.25, 0.3) is 0 Å². The van der Waals surface area contributed by atoms with Gasteiger partial charge in [-0.1, -0.05) is 6.92 Å². The lowest BCUT2D eigenvalue weighted by atomic mass is 10.1. The fourth-order valence-electron chi connectivity index (χ4n) is 2.32. The Kier molecular flexibility index (Phi) is 3.36. The number of rotatable bonds is 3. The monoisotopic (exact) mass is 184 g/mol. The number of hydrogen-bond acceptors (Lipinski definition) is 2. The molecule has 2 heteroatoms. The summed E-state index contributed by atoms with van der Waals surface area (Å²) in [5.74, 6) is 0. The van der Waals surface area contributed by atoms with Gasteiger partial charge in [-0.15, -0.1) is 0 Å². The summed E-state index contributed by atoms with van der Waals surface area (Å²) in [6.45, 7) is 9.86. The molecular weight excluding hydrogens is 160 g/mol. The third-order valence-corrected chi connectivity index (χ3v) is 3.01. The van der Waals surface area contributed by atoms with E-state index in [1.165, 1.54) is 19.3 Å². The summed E-state index contributed by atoms with van der Waals surface area (Å²) in [6.07, 6.45) is 3.96. The van der Waals surface area contributed by atoms with Crippen LogP contribution in [-0.4, -0.2) is 29.1 Å². The van der Waals surface area contributed by atoms with Crippen molar-refractivity contribution in [3.63, 3.8) is 0 Å². The fourth-order valence-corrected chi connectivity index (χ4v) is 2.32. The Balaban J connectivity index is 2.54. The second-order valence-corrected chi connectivity index (χ2v) is 5.15. The zero-order valence-corrected chi connectivity index (χ0v) is 9.51. The Bertz CT molecular complexity index is 160. The van der Waals surface area contributed by atoms with Crippen molar-refractivity contribution < 1.29 is 0 Å². The number of nitrogens with two attached hydrogens (primary N) is 1. The number of hydrogen-bond donors (Lipinski definition) is 1. The van der Waals surface area contributed by atoms with Crippen LogP contribution in [0.25, 0.3) is 0 Å². The van der Waals surface area contributed by atoms with Crippen molar-refractivity contribution in [3.8, 4) is 0 Å². The first-order valence-corrected chi connectivity index (χ1v) is 5.48. The minimum atomic E-state index is -0.0496. The topological polar surface area (TPSA) is 29.3 Å². The minimum absolute atomic E-state index is 0.0496. The number of likely N-dealkylation sites (tertiary alicyclic amines) is 1. The molecule has 13 heavy (non-hydrogen) atoms. The second kappa shape index (κ2) is 3.97. The van der Waals surface area contributed by atoms with Gasteiger partial charge in [0.2, 0.25) is 0 Å². The molecule has 0 aliphatic carbocycles. The van der Waals surface area contributed by atoms with E-state index in [4.69, 9.17) is 5.73 Å². The quantitative estimate of drug-likeness (QED) is 0.727. The van der Waals surface area contributed by atoms with E-state index in [1.807, 2.05) is 0 Å². The van der Waals surface area contributed by atoms with E-state index >= 15 is 0 Å². The van der Waals surface area contributed by atoms with Gasteiger partial charge in [-0.25, -0.2) is 0 Å². The van der Waals surface area contributed by atoms with Crippen molar-refractivity contribution in [1.82, 2.24) is 4.90 Å².